The molecule has 0 amide bonds. The zero-order chi connectivity index (χ0) is 57.8. The number of carbonyl (C=O) groups is 5. The van der Waals surface area contributed by atoms with Crippen molar-refractivity contribution in [3.63, 3.8) is 0 Å². The molecule has 82 heavy (non-hydrogen) atoms. The second kappa shape index (κ2) is 22.2. The molecular formula is C60H88O22. The van der Waals surface area contributed by atoms with E-state index in [-0.39, 0.29) is 92.0 Å². The first kappa shape index (κ1) is 59.2. The lowest BCUT2D eigenvalue weighted by Crippen LogP contribution is -2.70. The average Bonchev–Trinajstić information content (AvgIpc) is 1.57. The molecule has 0 aromatic rings. The first-order chi connectivity index (χ1) is 39.1. The second-order valence-electron chi connectivity index (χ2n) is 27.8. The smallest absolute Gasteiger partial charge is 0.309 e. The average molecular weight is 1160 g/mol. The van der Waals surface area contributed by atoms with Crippen LogP contribution < -0.4 is 0 Å². The van der Waals surface area contributed by atoms with E-state index in [1.165, 1.54) is 0 Å². The Kier molecular flexibility index (Phi) is 16.1. The minimum atomic E-state index is -1.67. The van der Waals surface area contributed by atoms with Crippen molar-refractivity contribution >= 4 is 30.3 Å². The highest BCUT2D eigenvalue weighted by Crippen LogP contribution is 2.64. The lowest BCUT2D eigenvalue weighted by molar-refractivity contribution is -0.571. The molecule has 6 unspecified atom stereocenters. The second-order valence-corrected chi connectivity index (χ2v) is 27.8. The van der Waals surface area contributed by atoms with Gasteiger partial charge >= 0.3 is 23.9 Å². The Morgan fingerprint density at radius 2 is 0.756 bits per heavy atom. The Balaban J connectivity index is 0.784. The van der Waals surface area contributed by atoms with E-state index in [9.17, 15) is 24.0 Å². The highest BCUT2D eigenvalue weighted by Gasteiger charge is 2.72. The van der Waals surface area contributed by atoms with Crippen LogP contribution in [0.15, 0.2) is 0 Å². The first-order valence-electron chi connectivity index (χ1n) is 30.9. The van der Waals surface area contributed by atoms with E-state index in [4.69, 9.17) is 81.4 Å². The molecule has 24 atom stereocenters. The van der Waals surface area contributed by atoms with Crippen LogP contribution in [0.2, 0.25) is 0 Å². The van der Waals surface area contributed by atoms with Gasteiger partial charge in [-0.15, -0.1) is 0 Å². The Morgan fingerprint density at radius 3 is 1.07 bits per heavy atom. The summed E-state index contributed by atoms with van der Waals surface area (Å²) in [6.07, 6.45) is 4.61. The van der Waals surface area contributed by atoms with Crippen molar-refractivity contribution < 1.29 is 105 Å². The lowest BCUT2D eigenvalue weighted by atomic mass is 9.57. The molecule has 15 aliphatic rings. The molecule has 0 N–H and O–H groups in total. The highest BCUT2D eigenvalue weighted by molar-refractivity contribution is 5.72. The van der Waals surface area contributed by atoms with Gasteiger partial charge < -0.3 is 52.1 Å². The first-order valence-corrected chi connectivity index (χ1v) is 30.9. The fourth-order valence-electron chi connectivity index (χ4n) is 17.8. The maximum atomic E-state index is 14.4. The quantitative estimate of drug-likeness (QED) is 0.0421. The summed E-state index contributed by atoms with van der Waals surface area (Å²) in [7, 11) is 0. The Labute approximate surface area is 480 Å². The minimum absolute atomic E-state index is 0.0520. The third kappa shape index (κ3) is 10.1. The molecule has 22 nitrogen and oxygen atoms in total. The zero-order valence-corrected chi connectivity index (χ0v) is 49.3. The van der Waals surface area contributed by atoms with Crippen LogP contribution in [0.5, 0.6) is 0 Å². The molecule has 12 heterocycles. The molecule has 6 bridgehead atoms. The van der Waals surface area contributed by atoms with Gasteiger partial charge in [0.15, 0.2) is 35.7 Å². The van der Waals surface area contributed by atoms with Gasteiger partial charge in [0.05, 0.1) is 44.0 Å². The van der Waals surface area contributed by atoms with Crippen LogP contribution in [0.25, 0.3) is 0 Å². The van der Waals surface area contributed by atoms with Gasteiger partial charge in [-0.3, -0.25) is 24.0 Å². The molecule has 15 rings (SSSR count). The monoisotopic (exact) mass is 1160 g/mol. The Morgan fingerprint density at radius 1 is 0.439 bits per heavy atom. The van der Waals surface area contributed by atoms with E-state index in [0.29, 0.717) is 37.0 Å². The van der Waals surface area contributed by atoms with Crippen molar-refractivity contribution in [2.45, 2.75) is 236 Å². The number of hydrogen-bond donors (Lipinski definition) is 0. The minimum Gasteiger partial charge on any atom is -0.467 e. The molecule has 3 saturated carbocycles. The van der Waals surface area contributed by atoms with Crippen LogP contribution in [-0.4, -0.2) is 135 Å². The molecule has 3 spiro atoms. The number of esters is 4. The van der Waals surface area contributed by atoms with Gasteiger partial charge in [-0.05, 0) is 132 Å². The molecule has 3 aliphatic carbocycles. The van der Waals surface area contributed by atoms with Crippen LogP contribution in [0.1, 0.15) is 165 Å². The van der Waals surface area contributed by atoms with Crippen molar-refractivity contribution in [1.82, 2.24) is 0 Å². The van der Waals surface area contributed by atoms with Gasteiger partial charge in [-0.2, -0.15) is 0 Å². The summed E-state index contributed by atoms with van der Waals surface area (Å²) < 4.78 is 69.1. The van der Waals surface area contributed by atoms with E-state index in [2.05, 4.69) is 41.5 Å². The van der Waals surface area contributed by atoms with Gasteiger partial charge in [0.1, 0.15) is 38.4 Å². The van der Waals surface area contributed by atoms with Crippen molar-refractivity contribution in [3.05, 3.63) is 0 Å². The van der Waals surface area contributed by atoms with Gasteiger partial charge in [0.25, 0.3) is 6.47 Å². The summed E-state index contributed by atoms with van der Waals surface area (Å²) in [6.45, 7) is 16.2. The number of carbonyl (C=O) groups excluding carboxylic acids is 5. The Hall–Kier alpha value is -3.13. The molecule has 12 saturated heterocycles. The maximum Gasteiger partial charge on any atom is 0.309 e. The number of rotatable bonds is 18. The molecule has 0 radical (unpaired) electrons. The van der Waals surface area contributed by atoms with Gasteiger partial charge in [0, 0.05) is 37.0 Å². The summed E-state index contributed by atoms with van der Waals surface area (Å²) in [6, 6.07) is 0. The van der Waals surface area contributed by atoms with E-state index in [1.54, 1.807) is 0 Å². The lowest BCUT2D eigenvalue weighted by Gasteiger charge is -2.60. The third-order valence-corrected chi connectivity index (χ3v) is 22.6. The molecule has 0 aromatic carbocycles. The third-order valence-electron chi connectivity index (χ3n) is 22.6. The van der Waals surface area contributed by atoms with Crippen molar-refractivity contribution in [2.75, 3.05) is 33.0 Å². The summed E-state index contributed by atoms with van der Waals surface area (Å²) in [5.41, 5.74) is -4.21. The Bertz CT molecular complexity index is 2180. The van der Waals surface area contributed by atoms with E-state index in [1.807, 2.05) is 20.8 Å². The van der Waals surface area contributed by atoms with Crippen LogP contribution in [0.4, 0.5) is 0 Å². The van der Waals surface area contributed by atoms with Crippen molar-refractivity contribution in [1.29, 1.82) is 0 Å². The topological polar surface area (TPSA) is 242 Å². The predicted molar refractivity (Wildman–Crippen MR) is 277 cm³/mol. The molecule has 22 heteroatoms. The summed E-state index contributed by atoms with van der Waals surface area (Å²) in [5, 5.41) is 0. The standard InChI is InChI=1S/C60H88O22/c1-32-10-13-41-35(4)44(71-51-58(41)38(32)16-20-54(7,74-51)77-80-58)24-48(63)68-28-57(27-67-47(62)19-23-66-31-61,29-69-49(64)25-45-36(5)42-14-11-33(2)39-17-21-55(8)75-52(72-45)59(39,42)81-78-55)30-70-50(65)26-46-37(6)43-15-12-34(3)40-18-22-56(9)76-53(73-46)60(40,43)82-79-56/h31-46,51-53H,10-30H2,1-9H3/t32-,33-,34-,35-,36-,37-,38+,39+,40+,41+,42+,43+,44?,45?,46?,51-,52-,53-,54?,55?,56?,57?,58-,59-,60-/m1/s1. The van der Waals surface area contributed by atoms with E-state index < -0.39 is 127 Å². The summed E-state index contributed by atoms with van der Waals surface area (Å²) in [4.78, 5) is 105. The van der Waals surface area contributed by atoms with Gasteiger partial charge in [0.2, 0.25) is 17.4 Å². The molecule has 0 aromatic heterocycles. The number of ether oxygens (including phenoxy) is 11. The normalized spacial score (nSPS) is 49.2. The fourth-order valence-corrected chi connectivity index (χ4v) is 17.8. The van der Waals surface area contributed by atoms with Crippen molar-refractivity contribution in [2.24, 2.45) is 76.4 Å². The summed E-state index contributed by atoms with van der Waals surface area (Å²) >= 11 is 0. The van der Waals surface area contributed by atoms with Crippen LogP contribution in [-0.2, 0) is 105 Å². The fraction of sp³-hybridized carbons (Fsp3) is 0.917. The largest absolute Gasteiger partial charge is 0.467 e. The SMILES string of the molecule is C[C@@H]1CC[C@H]2[C@@H](C)C(CC(=O)OCC(COC(=O)CCOC=O)(COC(=O)CC3O[C@@H]4OC5(C)CC[C@H]6[C@H](C)CC[C@@H]([C@H]3C)[C@@]46OO5)COC(=O)CC3O[C@@H]4OC5(C)CC[C@H]6[C@H](C)CC[C@@H]([C@H]3C)[C@@]46OO5)O[C@@H]3OC4(C)CC[C@@H]1[C@]32OO4. The zero-order valence-electron chi connectivity index (χ0n) is 49.3. The molecule has 12 aliphatic heterocycles. The van der Waals surface area contributed by atoms with Gasteiger partial charge in [-0.1, -0.05) is 41.5 Å². The van der Waals surface area contributed by atoms with E-state index >= 15 is 0 Å². The summed E-state index contributed by atoms with van der Waals surface area (Å²) in [5.74, 6) is -5.12. The van der Waals surface area contributed by atoms with Crippen molar-refractivity contribution in [3.8, 4) is 0 Å². The van der Waals surface area contributed by atoms with Crippen LogP contribution in [0, 0.1) is 76.4 Å². The highest BCUT2D eigenvalue weighted by atomic mass is 17.3. The maximum absolute atomic E-state index is 14.4. The van der Waals surface area contributed by atoms with Crippen LogP contribution in [0.3, 0.4) is 0 Å². The number of fused-ring (bicyclic) bond motifs is 6. The van der Waals surface area contributed by atoms with Crippen LogP contribution >= 0.6 is 0 Å². The van der Waals surface area contributed by atoms with E-state index in [0.717, 1.165) is 57.8 Å². The number of hydrogen-bond acceptors (Lipinski definition) is 22. The van der Waals surface area contributed by atoms with Gasteiger partial charge in [-0.25, -0.2) is 29.3 Å². The predicted octanol–water partition coefficient (Wildman–Crippen LogP) is 7.63. The molecule has 15 fully saturated rings. The molecular weight excluding hydrogens is 1070 g/mol. The molecule has 460 valence electrons.